The van der Waals surface area contributed by atoms with Crippen LogP contribution in [0, 0.1) is 0 Å². The monoisotopic (exact) mass is 248 g/mol. The molecular weight excluding hydrogens is 241 g/mol. The third kappa shape index (κ3) is 2.59. The van der Waals surface area contributed by atoms with Gasteiger partial charge in [0.1, 0.15) is 6.61 Å². The summed E-state index contributed by atoms with van der Waals surface area (Å²) in [6.07, 6.45) is -6.84. The molecule has 0 aromatic rings. The molecule has 2 atom stereocenters. The Morgan fingerprint density at radius 2 is 2.00 bits per heavy atom. The zero-order valence-electron chi connectivity index (χ0n) is 7.45. The summed E-state index contributed by atoms with van der Waals surface area (Å²) >= 11 is 0. The van der Waals surface area contributed by atoms with Gasteiger partial charge in [-0.15, -0.1) is 0 Å². The lowest BCUT2D eigenvalue weighted by molar-refractivity contribution is -0.165. The van der Waals surface area contributed by atoms with Crippen molar-refractivity contribution in [2.45, 2.75) is 24.5 Å². The molecule has 1 fully saturated rings. The van der Waals surface area contributed by atoms with Crippen molar-refractivity contribution in [2.24, 2.45) is 0 Å². The fraction of sp³-hybridized carbons (Fsp3) is 0.833. The van der Waals surface area contributed by atoms with Crippen molar-refractivity contribution in [2.75, 3.05) is 6.61 Å². The first-order valence-corrected chi connectivity index (χ1v) is 5.24. The van der Waals surface area contributed by atoms with E-state index in [1.807, 2.05) is 0 Å². The SMILES string of the molecule is CC(=O)OC1COS(=O)(=O)C1C(F)(F)F. The lowest BCUT2D eigenvalue weighted by Crippen LogP contribution is -2.43. The highest BCUT2D eigenvalue weighted by molar-refractivity contribution is 7.87. The predicted octanol–water partition coefficient (Wildman–Crippen LogP) is 0.209. The van der Waals surface area contributed by atoms with Crippen molar-refractivity contribution in [3.63, 3.8) is 0 Å². The molecule has 0 radical (unpaired) electrons. The van der Waals surface area contributed by atoms with E-state index >= 15 is 0 Å². The standard InChI is InChI=1S/C6H7F3O5S/c1-3(10)14-4-2-13-15(11,12)5(4)6(7,8)9/h4-5H,2H2,1H3. The van der Waals surface area contributed by atoms with E-state index in [4.69, 9.17) is 0 Å². The lowest BCUT2D eigenvalue weighted by atomic mass is 10.2. The van der Waals surface area contributed by atoms with Gasteiger partial charge in [-0.25, -0.2) is 0 Å². The van der Waals surface area contributed by atoms with Crippen LogP contribution >= 0.6 is 0 Å². The Balaban J connectivity index is 2.97. The summed E-state index contributed by atoms with van der Waals surface area (Å²) in [7, 11) is -4.74. The molecule has 0 bridgehead atoms. The van der Waals surface area contributed by atoms with Crippen molar-refractivity contribution in [3.05, 3.63) is 0 Å². The summed E-state index contributed by atoms with van der Waals surface area (Å²) in [5.41, 5.74) is 0. The van der Waals surface area contributed by atoms with Crippen LogP contribution in [0.2, 0.25) is 0 Å². The molecule has 1 saturated heterocycles. The highest BCUT2D eigenvalue weighted by Gasteiger charge is 2.59. The van der Waals surface area contributed by atoms with E-state index in [0.717, 1.165) is 6.92 Å². The van der Waals surface area contributed by atoms with Crippen LogP contribution in [0.15, 0.2) is 0 Å². The largest absolute Gasteiger partial charge is 0.458 e. The van der Waals surface area contributed by atoms with E-state index in [0.29, 0.717) is 0 Å². The van der Waals surface area contributed by atoms with Gasteiger partial charge in [0, 0.05) is 6.92 Å². The number of hydrogen-bond donors (Lipinski definition) is 0. The van der Waals surface area contributed by atoms with Crippen molar-refractivity contribution < 1.29 is 35.3 Å². The Labute approximate surface area is 83.3 Å². The van der Waals surface area contributed by atoms with E-state index < -0.39 is 40.2 Å². The quantitative estimate of drug-likeness (QED) is 0.490. The third-order valence-corrected chi connectivity index (χ3v) is 3.34. The maximum atomic E-state index is 12.3. The smallest absolute Gasteiger partial charge is 0.411 e. The highest BCUT2D eigenvalue weighted by Crippen LogP contribution is 2.35. The molecule has 0 aliphatic carbocycles. The number of carbonyl (C=O) groups excluding carboxylic acids is 1. The van der Waals surface area contributed by atoms with E-state index in [1.54, 1.807) is 0 Å². The van der Waals surface area contributed by atoms with Gasteiger partial charge in [-0.3, -0.25) is 8.98 Å². The summed E-state index contributed by atoms with van der Waals surface area (Å²) in [6.45, 7) is 0.0878. The molecule has 88 valence electrons. The Bertz CT molecular complexity index is 359. The van der Waals surface area contributed by atoms with Crippen LogP contribution in [0.1, 0.15) is 6.92 Å². The second kappa shape index (κ2) is 3.63. The van der Waals surface area contributed by atoms with Crippen LogP contribution < -0.4 is 0 Å². The van der Waals surface area contributed by atoms with Gasteiger partial charge >= 0.3 is 12.1 Å². The molecule has 0 saturated carbocycles. The predicted molar refractivity (Wildman–Crippen MR) is 40.3 cm³/mol. The normalized spacial score (nSPS) is 30.1. The molecule has 0 spiro atoms. The second-order valence-corrected chi connectivity index (χ2v) is 4.62. The molecule has 2 unspecified atom stereocenters. The van der Waals surface area contributed by atoms with Crippen molar-refractivity contribution in [1.82, 2.24) is 0 Å². The molecule has 1 heterocycles. The maximum Gasteiger partial charge on any atom is 0.411 e. The van der Waals surface area contributed by atoms with Crippen LogP contribution in [0.5, 0.6) is 0 Å². The van der Waals surface area contributed by atoms with Crippen LogP contribution in [0.3, 0.4) is 0 Å². The first kappa shape index (κ1) is 12.2. The molecule has 5 nitrogen and oxygen atoms in total. The maximum absolute atomic E-state index is 12.3. The van der Waals surface area contributed by atoms with Crippen molar-refractivity contribution >= 4 is 16.1 Å². The Morgan fingerprint density at radius 1 is 1.47 bits per heavy atom. The minimum absolute atomic E-state index is 0.800. The number of carbonyl (C=O) groups is 1. The number of ether oxygens (including phenoxy) is 1. The molecule has 0 aromatic heterocycles. The fourth-order valence-electron chi connectivity index (χ4n) is 1.19. The zero-order chi connectivity index (χ0) is 11.9. The number of alkyl halides is 3. The second-order valence-electron chi connectivity index (χ2n) is 2.89. The van der Waals surface area contributed by atoms with Crippen LogP contribution in [0.25, 0.3) is 0 Å². The first-order valence-electron chi connectivity index (χ1n) is 3.77. The van der Waals surface area contributed by atoms with Gasteiger partial charge in [0.05, 0.1) is 0 Å². The molecule has 1 aliphatic heterocycles. The van der Waals surface area contributed by atoms with Crippen molar-refractivity contribution in [1.29, 1.82) is 0 Å². The van der Waals surface area contributed by atoms with Gasteiger partial charge in [-0.2, -0.15) is 21.6 Å². The number of hydrogen-bond acceptors (Lipinski definition) is 5. The van der Waals surface area contributed by atoms with E-state index in [2.05, 4.69) is 8.92 Å². The van der Waals surface area contributed by atoms with Gasteiger partial charge in [0.25, 0.3) is 10.1 Å². The Morgan fingerprint density at radius 3 is 2.40 bits per heavy atom. The summed E-state index contributed by atoms with van der Waals surface area (Å²) < 4.78 is 66.8. The fourth-order valence-corrected chi connectivity index (χ4v) is 2.50. The van der Waals surface area contributed by atoms with E-state index in [1.165, 1.54) is 0 Å². The molecule has 0 aromatic carbocycles. The number of halogens is 3. The minimum atomic E-state index is -5.02. The number of esters is 1. The molecular formula is C6H7F3O5S. The molecule has 0 N–H and O–H groups in total. The van der Waals surface area contributed by atoms with E-state index in [-0.39, 0.29) is 0 Å². The number of rotatable bonds is 1. The first-order chi connectivity index (χ1) is 6.64. The minimum Gasteiger partial charge on any atom is -0.458 e. The topological polar surface area (TPSA) is 69.7 Å². The summed E-state index contributed by atoms with van der Waals surface area (Å²) in [5, 5.41) is -2.80. The third-order valence-electron chi connectivity index (χ3n) is 1.69. The highest BCUT2D eigenvalue weighted by atomic mass is 32.2. The Kier molecular flexibility index (Phi) is 2.97. The zero-order valence-corrected chi connectivity index (χ0v) is 8.26. The van der Waals surface area contributed by atoms with Gasteiger partial charge in [0.2, 0.25) is 5.25 Å². The van der Waals surface area contributed by atoms with Gasteiger partial charge < -0.3 is 4.74 Å². The van der Waals surface area contributed by atoms with E-state index in [9.17, 15) is 26.4 Å². The van der Waals surface area contributed by atoms with Crippen LogP contribution in [-0.2, 0) is 23.8 Å². The lowest BCUT2D eigenvalue weighted by Gasteiger charge is -2.18. The molecule has 0 amide bonds. The van der Waals surface area contributed by atoms with Crippen LogP contribution in [0.4, 0.5) is 13.2 Å². The van der Waals surface area contributed by atoms with Crippen molar-refractivity contribution in [3.8, 4) is 0 Å². The summed E-state index contributed by atoms with van der Waals surface area (Å²) in [5.74, 6) is -0.991. The Hall–Kier alpha value is -0.830. The molecule has 1 rings (SSSR count). The van der Waals surface area contributed by atoms with Crippen LogP contribution in [-0.4, -0.2) is 38.5 Å². The molecule has 9 heteroatoms. The van der Waals surface area contributed by atoms with Gasteiger partial charge in [-0.1, -0.05) is 0 Å². The average molecular weight is 248 g/mol. The van der Waals surface area contributed by atoms with Gasteiger partial charge in [0.15, 0.2) is 6.10 Å². The summed E-state index contributed by atoms with van der Waals surface area (Å²) in [4.78, 5) is 10.4. The molecule has 15 heavy (non-hydrogen) atoms. The molecule has 1 aliphatic rings. The average Bonchev–Trinajstić information content (AvgIpc) is 2.22. The van der Waals surface area contributed by atoms with Gasteiger partial charge in [-0.05, 0) is 0 Å². The summed E-state index contributed by atoms with van der Waals surface area (Å²) in [6, 6.07) is 0.